The molecule has 0 spiro atoms. The number of amides is 2. The van der Waals surface area contributed by atoms with Crippen molar-refractivity contribution in [1.29, 1.82) is 0 Å². The largest absolute Gasteiger partial charge is 0.464 e. The van der Waals surface area contributed by atoms with Crippen LogP contribution in [0.4, 0.5) is 4.79 Å². The molecule has 1 saturated heterocycles. The minimum atomic E-state index is -0.130. The van der Waals surface area contributed by atoms with Gasteiger partial charge >= 0.3 is 6.03 Å². The molecule has 3 rings (SSSR count). The molecule has 2 amide bonds. The summed E-state index contributed by atoms with van der Waals surface area (Å²) in [5.41, 5.74) is 1.18. The number of furan rings is 1. The van der Waals surface area contributed by atoms with Crippen molar-refractivity contribution in [2.75, 3.05) is 19.7 Å². The summed E-state index contributed by atoms with van der Waals surface area (Å²) in [4.78, 5) is 14.3. The predicted octanol–water partition coefficient (Wildman–Crippen LogP) is 3.90. The van der Waals surface area contributed by atoms with Crippen molar-refractivity contribution in [3.63, 3.8) is 0 Å². The molecule has 1 aliphatic rings. The first-order chi connectivity index (χ1) is 12.1. The minimum Gasteiger partial charge on any atom is -0.464 e. The maximum atomic E-state index is 12.4. The average Bonchev–Trinajstić information content (AvgIpc) is 3.25. The highest BCUT2D eigenvalue weighted by molar-refractivity contribution is 5.74. The Labute approximate surface area is 149 Å². The summed E-state index contributed by atoms with van der Waals surface area (Å²) < 4.78 is 11.4. The summed E-state index contributed by atoms with van der Waals surface area (Å²) >= 11 is 0. The van der Waals surface area contributed by atoms with Gasteiger partial charge in [-0.3, -0.25) is 0 Å². The van der Waals surface area contributed by atoms with E-state index in [1.807, 2.05) is 49.1 Å². The van der Waals surface area contributed by atoms with Crippen molar-refractivity contribution in [3.05, 3.63) is 59.5 Å². The second kappa shape index (κ2) is 8.21. The Morgan fingerprint density at radius 2 is 2.12 bits per heavy atom. The number of hydrogen-bond donors (Lipinski definition) is 1. The Bertz CT molecular complexity index is 683. The van der Waals surface area contributed by atoms with E-state index in [2.05, 4.69) is 17.4 Å². The van der Waals surface area contributed by atoms with Gasteiger partial charge in [-0.25, -0.2) is 4.79 Å². The molecule has 1 N–H and O–H groups in total. The van der Waals surface area contributed by atoms with E-state index in [0.717, 1.165) is 31.0 Å². The second-order valence-corrected chi connectivity index (χ2v) is 6.72. The topological polar surface area (TPSA) is 54.7 Å². The Morgan fingerprint density at radius 3 is 2.84 bits per heavy atom. The summed E-state index contributed by atoms with van der Waals surface area (Å²) in [6, 6.07) is 13.8. The molecular weight excluding hydrogens is 316 g/mol. The van der Waals surface area contributed by atoms with Gasteiger partial charge in [0.25, 0.3) is 0 Å². The van der Waals surface area contributed by atoms with E-state index in [9.17, 15) is 4.79 Å². The van der Waals surface area contributed by atoms with E-state index in [0.29, 0.717) is 19.1 Å². The molecular formula is C20H26N2O3. The van der Waals surface area contributed by atoms with Crippen LogP contribution in [0.5, 0.6) is 0 Å². The van der Waals surface area contributed by atoms with E-state index in [4.69, 9.17) is 9.15 Å². The third kappa shape index (κ3) is 4.86. The van der Waals surface area contributed by atoms with Crippen LogP contribution in [0.3, 0.4) is 0 Å². The summed E-state index contributed by atoms with van der Waals surface area (Å²) in [7, 11) is 0. The first-order valence-corrected chi connectivity index (χ1v) is 8.85. The van der Waals surface area contributed by atoms with Crippen LogP contribution in [0.1, 0.15) is 36.5 Å². The average molecular weight is 342 g/mol. The molecule has 25 heavy (non-hydrogen) atoms. The molecule has 1 aromatic carbocycles. The van der Waals surface area contributed by atoms with Crippen LogP contribution in [0, 0.1) is 12.8 Å². The third-order valence-electron chi connectivity index (χ3n) is 4.57. The lowest BCUT2D eigenvalue weighted by Gasteiger charge is -2.20. The van der Waals surface area contributed by atoms with Crippen LogP contribution in [-0.2, 0) is 11.3 Å². The molecule has 0 saturated carbocycles. The van der Waals surface area contributed by atoms with Gasteiger partial charge in [0, 0.05) is 19.0 Å². The van der Waals surface area contributed by atoms with Crippen LogP contribution in [0.25, 0.3) is 0 Å². The van der Waals surface area contributed by atoms with Crippen LogP contribution in [0.15, 0.2) is 46.9 Å². The molecule has 0 radical (unpaired) electrons. The van der Waals surface area contributed by atoms with Crippen LogP contribution in [0.2, 0.25) is 0 Å². The van der Waals surface area contributed by atoms with Gasteiger partial charge in [0.15, 0.2) is 0 Å². The molecule has 1 aromatic heterocycles. The van der Waals surface area contributed by atoms with Crippen molar-refractivity contribution in [2.45, 2.75) is 32.9 Å². The second-order valence-electron chi connectivity index (χ2n) is 6.72. The normalized spacial score (nSPS) is 18.3. The number of nitrogens with one attached hydrogen (secondary N) is 1. The zero-order valence-electron chi connectivity index (χ0n) is 14.9. The molecule has 0 bridgehead atoms. The Morgan fingerprint density at radius 1 is 1.32 bits per heavy atom. The lowest BCUT2D eigenvalue weighted by atomic mass is 10.1. The number of carbonyl (C=O) groups excluding carboxylic acids is 1. The molecule has 1 aliphatic heterocycles. The van der Waals surface area contributed by atoms with E-state index in [-0.39, 0.29) is 12.1 Å². The zero-order chi connectivity index (χ0) is 17.6. The number of benzene rings is 1. The van der Waals surface area contributed by atoms with E-state index in [1.54, 1.807) is 0 Å². The third-order valence-corrected chi connectivity index (χ3v) is 4.57. The highest BCUT2D eigenvalue weighted by atomic mass is 16.5. The van der Waals surface area contributed by atoms with Crippen molar-refractivity contribution >= 4 is 6.03 Å². The molecule has 5 nitrogen and oxygen atoms in total. The van der Waals surface area contributed by atoms with E-state index >= 15 is 0 Å². The number of ether oxygens (including phenoxy) is 1. The molecule has 2 heterocycles. The minimum absolute atomic E-state index is 0.0351. The lowest BCUT2D eigenvalue weighted by Crippen LogP contribution is -2.39. The van der Waals surface area contributed by atoms with Crippen molar-refractivity contribution in [1.82, 2.24) is 10.2 Å². The SMILES string of the molecule is Cc1ccc([C@H](C)NC(=O)N2CC[C@H](COCc3ccccc3)C2)o1. The van der Waals surface area contributed by atoms with Gasteiger partial charge in [-0.1, -0.05) is 30.3 Å². The molecule has 2 aromatic rings. The maximum Gasteiger partial charge on any atom is 0.317 e. The van der Waals surface area contributed by atoms with Crippen molar-refractivity contribution < 1.29 is 13.9 Å². The number of aryl methyl sites for hydroxylation is 1. The molecule has 2 atom stereocenters. The van der Waals surface area contributed by atoms with E-state index in [1.165, 1.54) is 5.56 Å². The molecule has 5 heteroatoms. The molecule has 0 aliphatic carbocycles. The Hall–Kier alpha value is -2.27. The van der Waals surface area contributed by atoms with Crippen LogP contribution in [-0.4, -0.2) is 30.6 Å². The Kier molecular flexibility index (Phi) is 5.76. The quantitative estimate of drug-likeness (QED) is 0.866. The van der Waals surface area contributed by atoms with E-state index < -0.39 is 0 Å². The van der Waals surface area contributed by atoms with Gasteiger partial charge in [-0.05, 0) is 38.0 Å². The Balaban J connectivity index is 1.40. The van der Waals surface area contributed by atoms with Gasteiger partial charge < -0.3 is 19.4 Å². The summed E-state index contributed by atoms with van der Waals surface area (Å²) in [5.74, 6) is 2.04. The van der Waals surface area contributed by atoms with Gasteiger partial charge in [0.2, 0.25) is 0 Å². The number of nitrogens with zero attached hydrogens (tertiary/aromatic N) is 1. The number of hydrogen-bond acceptors (Lipinski definition) is 3. The lowest BCUT2D eigenvalue weighted by molar-refractivity contribution is 0.0896. The van der Waals surface area contributed by atoms with Gasteiger partial charge in [-0.2, -0.15) is 0 Å². The number of carbonyl (C=O) groups is 1. The van der Waals surface area contributed by atoms with Crippen LogP contribution < -0.4 is 5.32 Å². The first kappa shape index (κ1) is 17.5. The predicted molar refractivity (Wildman–Crippen MR) is 96.2 cm³/mol. The fourth-order valence-corrected chi connectivity index (χ4v) is 3.10. The summed E-state index contributed by atoms with van der Waals surface area (Å²) in [6.45, 7) is 6.66. The molecule has 134 valence electrons. The number of rotatable bonds is 6. The van der Waals surface area contributed by atoms with Crippen LogP contribution >= 0.6 is 0 Å². The fourth-order valence-electron chi connectivity index (χ4n) is 3.10. The first-order valence-electron chi connectivity index (χ1n) is 8.85. The fraction of sp³-hybridized carbons (Fsp3) is 0.450. The van der Waals surface area contributed by atoms with Crippen molar-refractivity contribution in [2.24, 2.45) is 5.92 Å². The summed E-state index contributed by atoms with van der Waals surface area (Å²) in [5, 5.41) is 3.01. The highest BCUT2D eigenvalue weighted by Crippen LogP contribution is 2.20. The smallest absolute Gasteiger partial charge is 0.317 e. The zero-order valence-corrected chi connectivity index (χ0v) is 14.9. The molecule has 0 unspecified atom stereocenters. The van der Waals surface area contributed by atoms with Crippen molar-refractivity contribution in [3.8, 4) is 0 Å². The summed E-state index contributed by atoms with van der Waals surface area (Å²) in [6.07, 6.45) is 0.983. The number of likely N-dealkylation sites (tertiary alicyclic amines) is 1. The van der Waals surface area contributed by atoms with Gasteiger partial charge in [0.1, 0.15) is 11.5 Å². The van der Waals surface area contributed by atoms with Gasteiger partial charge in [-0.15, -0.1) is 0 Å². The standard InChI is InChI=1S/C20H26N2O3/c1-15-8-9-19(25-15)16(2)21-20(23)22-11-10-18(12-22)14-24-13-17-6-4-3-5-7-17/h3-9,16,18H,10-14H2,1-2H3,(H,21,23)/t16-,18-/m0/s1. The van der Waals surface area contributed by atoms with Gasteiger partial charge in [0.05, 0.1) is 19.3 Å². The number of urea groups is 1. The molecule has 1 fully saturated rings. The monoisotopic (exact) mass is 342 g/mol. The highest BCUT2D eigenvalue weighted by Gasteiger charge is 2.27. The maximum absolute atomic E-state index is 12.4.